The van der Waals surface area contributed by atoms with Gasteiger partial charge in [0.05, 0.1) is 0 Å². The fourth-order valence-electron chi connectivity index (χ4n) is 2.52. The molecular weight excluding hydrogens is 260 g/mol. The minimum Gasteiger partial charge on any atom is -0.342 e. The fraction of sp³-hybridized carbons (Fsp3) is 0.842. The van der Waals surface area contributed by atoms with Gasteiger partial charge in [-0.1, -0.05) is 78.1 Å². The molecule has 0 aromatic rings. The second kappa shape index (κ2) is 17.6. The van der Waals surface area contributed by atoms with Gasteiger partial charge in [-0.25, -0.2) is 0 Å². The Balaban J connectivity index is 3.61. The average Bonchev–Trinajstić information content (AvgIpc) is 2.49. The maximum atomic E-state index is 5.16. The third kappa shape index (κ3) is 15.7. The SMILES string of the molecule is [CH2]OO/C(=C\CCCCCCCC)CCCCCCCC. The first kappa shape index (κ1) is 20.5. The van der Waals surface area contributed by atoms with E-state index in [1.807, 2.05) is 0 Å². The molecule has 0 saturated heterocycles. The first-order valence-electron chi connectivity index (χ1n) is 9.12. The lowest BCUT2D eigenvalue weighted by Gasteiger charge is -2.07. The summed E-state index contributed by atoms with van der Waals surface area (Å²) >= 11 is 0. The highest BCUT2D eigenvalue weighted by Gasteiger charge is 2.00. The van der Waals surface area contributed by atoms with Crippen LogP contribution >= 0.6 is 0 Å². The van der Waals surface area contributed by atoms with Crippen molar-refractivity contribution in [3.05, 3.63) is 18.9 Å². The van der Waals surface area contributed by atoms with Gasteiger partial charge >= 0.3 is 0 Å². The van der Waals surface area contributed by atoms with Crippen molar-refractivity contribution in [1.82, 2.24) is 0 Å². The summed E-state index contributed by atoms with van der Waals surface area (Å²) in [5.74, 6) is 0.967. The molecule has 0 saturated carbocycles. The molecule has 0 aliphatic rings. The second-order valence-corrected chi connectivity index (χ2v) is 5.95. The Morgan fingerprint density at radius 3 is 1.86 bits per heavy atom. The van der Waals surface area contributed by atoms with Crippen molar-refractivity contribution < 1.29 is 9.78 Å². The third-order valence-electron chi connectivity index (χ3n) is 3.87. The van der Waals surface area contributed by atoms with Crippen LogP contribution < -0.4 is 0 Å². The van der Waals surface area contributed by atoms with Crippen molar-refractivity contribution in [2.24, 2.45) is 0 Å². The minimum atomic E-state index is 0.967. The van der Waals surface area contributed by atoms with Crippen LogP contribution in [0.4, 0.5) is 0 Å². The predicted octanol–water partition coefficient (Wildman–Crippen LogP) is 7.11. The fourth-order valence-corrected chi connectivity index (χ4v) is 2.52. The van der Waals surface area contributed by atoms with Crippen LogP contribution in [0.3, 0.4) is 0 Å². The zero-order valence-corrected chi connectivity index (χ0v) is 14.5. The van der Waals surface area contributed by atoms with Crippen LogP contribution in [0, 0.1) is 7.11 Å². The van der Waals surface area contributed by atoms with E-state index in [4.69, 9.17) is 4.89 Å². The summed E-state index contributed by atoms with van der Waals surface area (Å²) in [5.41, 5.74) is 0. The molecule has 0 aliphatic heterocycles. The molecule has 0 unspecified atom stereocenters. The maximum Gasteiger partial charge on any atom is 0.138 e. The molecule has 0 rings (SSSR count). The van der Waals surface area contributed by atoms with E-state index in [1.165, 1.54) is 77.0 Å². The van der Waals surface area contributed by atoms with Crippen LogP contribution in [-0.2, 0) is 9.78 Å². The van der Waals surface area contributed by atoms with Crippen LogP contribution in [0.1, 0.15) is 104 Å². The van der Waals surface area contributed by atoms with Gasteiger partial charge in [0.1, 0.15) is 12.9 Å². The maximum absolute atomic E-state index is 5.16. The molecule has 0 amide bonds. The van der Waals surface area contributed by atoms with Gasteiger partial charge in [-0.05, 0) is 25.3 Å². The first-order valence-corrected chi connectivity index (χ1v) is 9.12. The zero-order valence-electron chi connectivity index (χ0n) is 14.5. The van der Waals surface area contributed by atoms with Crippen molar-refractivity contribution in [3.63, 3.8) is 0 Å². The van der Waals surface area contributed by atoms with Gasteiger partial charge < -0.3 is 4.89 Å². The summed E-state index contributed by atoms with van der Waals surface area (Å²) in [7, 11) is 3.31. The van der Waals surface area contributed by atoms with Gasteiger partial charge in [0.25, 0.3) is 0 Å². The van der Waals surface area contributed by atoms with E-state index in [0.29, 0.717) is 0 Å². The van der Waals surface area contributed by atoms with E-state index in [9.17, 15) is 0 Å². The number of unbranched alkanes of at least 4 members (excludes halogenated alkanes) is 11. The van der Waals surface area contributed by atoms with Crippen LogP contribution in [0.15, 0.2) is 11.8 Å². The summed E-state index contributed by atoms with van der Waals surface area (Å²) in [5, 5.41) is 0. The zero-order chi connectivity index (χ0) is 15.6. The minimum absolute atomic E-state index is 0.967. The van der Waals surface area contributed by atoms with E-state index in [0.717, 1.165) is 18.6 Å². The number of rotatable bonds is 16. The molecule has 0 heterocycles. The van der Waals surface area contributed by atoms with E-state index in [-0.39, 0.29) is 0 Å². The predicted molar refractivity (Wildman–Crippen MR) is 91.6 cm³/mol. The Labute approximate surface area is 133 Å². The Morgan fingerprint density at radius 1 is 0.762 bits per heavy atom. The van der Waals surface area contributed by atoms with Crippen LogP contribution in [0.2, 0.25) is 0 Å². The summed E-state index contributed by atoms with van der Waals surface area (Å²) in [6.45, 7) is 4.51. The summed E-state index contributed by atoms with van der Waals surface area (Å²) in [4.78, 5) is 9.76. The molecule has 21 heavy (non-hydrogen) atoms. The molecule has 0 bridgehead atoms. The molecule has 0 fully saturated rings. The highest BCUT2D eigenvalue weighted by atomic mass is 17.2. The molecule has 0 aromatic carbocycles. The molecule has 0 aliphatic carbocycles. The Morgan fingerprint density at radius 2 is 1.29 bits per heavy atom. The number of hydrogen-bond donors (Lipinski definition) is 0. The van der Waals surface area contributed by atoms with Crippen molar-refractivity contribution in [2.75, 3.05) is 0 Å². The average molecular weight is 298 g/mol. The van der Waals surface area contributed by atoms with Crippen molar-refractivity contribution in [3.8, 4) is 0 Å². The topological polar surface area (TPSA) is 18.5 Å². The van der Waals surface area contributed by atoms with Gasteiger partial charge in [-0.2, -0.15) is 4.89 Å². The van der Waals surface area contributed by atoms with E-state index < -0.39 is 0 Å². The Bertz CT molecular complexity index is 224. The van der Waals surface area contributed by atoms with Gasteiger partial charge in [-0.15, -0.1) is 0 Å². The molecule has 2 nitrogen and oxygen atoms in total. The van der Waals surface area contributed by atoms with Gasteiger partial charge in [-0.3, -0.25) is 0 Å². The molecule has 0 atom stereocenters. The normalized spacial score (nSPS) is 11.9. The van der Waals surface area contributed by atoms with Crippen LogP contribution in [-0.4, -0.2) is 0 Å². The van der Waals surface area contributed by atoms with E-state index in [2.05, 4.69) is 31.9 Å². The lowest BCUT2D eigenvalue weighted by molar-refractivity contribution is -0.218. The molecule has 125 valence electrons. The van der Waals surface area contributed by atoms with Crippen molar-refractivity contribution in [2.45, 2.75) is 104 Å². The number of hydrogen-bond acceptors (Lipinski definition) is 2. The number of allylic oxidation sites excluding steroid dienone is 2. The molecular formula is C19H37O2. The van der Waals surface area contributed by atoms with Crippen molar-refractivity contribution >= 4 is 0 Å². The largest absolute Gasteiger partial charge is 0.342 e. The highest BCUT2D eigenvalue weighted by Crippen LogP contribution is 2.15. The quantitative estimate of drug-likeness (QED) is 0.131. The van der Waals surface area contributed by atoms with E-state index in [1.54, 1.807) is 0 Å². The molecule has 0 N–H and O–H groups in total. The third-order valence-corrected chi connectivity index (χ3v) is 3.87. The molecule has 0 aromatic heterocycles. The monoisotopic (exact) mass is 297 g/mol. The summed E-state index contributed by atoms with van der Waals surface area (Å²) < 4.78 is 0. The lowest BCUT2D eigenvalue weighted by Crippen LogP contribution is -1.91. The smallest absolute Gasteiger partial charge is 0.138 e. The Hall–Kier alpha value is -0.500. The standard InChI is InChI=1S/C19H37O2/c1-4-6-8-10-12-14-16-18-19(21-20-3)17-15-13-11-9-7-5-2/h18H,3-17H2,1-2H3/b19-18-. The lowest BCUT2D eigenvalue weighted by atomic mass is 10.1. The van der Waals surface area contributed by atoms with Gasteiger partial charge in [0.15, 0.2) is 0 Å². The molecule has 2 heteroatoms. The van der Waals surface area contributed by atoms with Crippen LogP contribution in [0.5, 0.6) is 0 Å². The molecule has 1 radical (unpaired) electrons. The van der Waals surface area contributed by atoms with Gasteiger partial charge in [0.2, 0.25) is 0 Å². The highest BCUT2D eigenvalue weighted by molar-refractivity contribution is 4.92. The van der Waals surface area contributed by atoms with Crippen molar-refractivity contribution in [1.29, 1.82) is 0 Å². The van der Waals surface area contributed by atoms with Gasteiger partial charge in [0, 0.05) is 6.42 Å². The summed E-state index contributed by atoms with van der Waals surface area (Å²) in [6.07, 6.45) is 20.1. The Kier molecular flexibility index (Phi) is 17.1. The van der Waals surface area contributed by atoms with E-state index >= 15 is 0 Å². The molecule has 0 spiro atoms. The second-order valence-electron chi connectivity index (χ2n) is 5.95. The van der Waals surface area contributed by atoms with Crippen LogP contribution in [0.25, 0.3) is 0 Å². The first-order chi connectivity index (χ1) is 10.3. The summed E-state index contributed by atoms with van der Waals surface area (Å²) in [6, 6.07) is 0.